The Morgan fingerprint density at radius 1 is 1.50 bits per heavy atom. The van der Waals surface area contributed by atoms with Crippen LogP contribution >= 0.6 is 0 Å². The van der Waals surface area contributed by atoms with Gasteiger partial charge in [0.25, 0.3) is 0 Å². The van der Waals surface area contributed by atoms with Crippen LogP contribution in [0.25, 0.3) is 0 Å². The van der Waals surface area contributed by atoms with Crippen LogP contribution in [0.3, 0.4) is 0 Å². The molecule has 1 saturated heterocycles. The van der Waals surface area contributed by atoms with Crippen LogP contribution < -0.4 is 4.72 Å². The summed E-state index contributed by atoms with van der Waals surface area (Å²) < 4.78 is 31.3. The zero-order valence-electron chi connectivity index (χ0n) is 9.42. The first-order valence-electron chi connectivity index (χ1n) is 5.30. The molecular weight excluding hydrogens is 262 g/mol. The Balaban J connectivity index is 2.27. The Kier molecular flexibility index (Phi) is 3.37. The Morgan fingerprint density at radius 2 is 2.17 bits per heavy atom. The van der Waals surface area contributed by atoms with Gasteiger partial charge >= 0.3 is 5.97 Å². The molecule has 1 aliphatic heterocycles. The predicted molar refractivity (Wildman–Crippen MR) is 59.3 cm³/mol. The van der Waals surface area contributed by atoms with Crippen LogP contribution in [0, 0.1) is 0 Å². The van der Waals surface area contributed by atoms with Crippen molar-refractivity contribution in [1.29, 1.82) is 0 Å². The van der Waals surface area contributed by atoms with E-state index in [-0.39, 0.29) is 31.0 Å². The molecule has 0 atom stereocenters. The Labute approximate surface area is 103 Å². The molecule has 3 N–H and O–H groups in total. The normalized spacial score (nSPS) is 19.6. The first-order chi connectivity index (χ1) is 8.46. The molecule has 0 radical (unpaired) electrons. The first-order valence-corrected chi connectivity index (χ1v) is 6.78. The van der Waals surface area contributed by atoms with E-state index in [0.29, 0.717) is 0 Å². The van der Waals surface area contributed by atoms with Gasteiger partial charge in [-0.15, -0.1) is 0 Å². The number of nitrogens with zero attached hydrogens (tertiary/aromatic N) is 1. The summed E-state index contributed by atoms with van der Waals surface area (Å²) >= 11 is 0. The second-order valence-electron chi connectivity index (χ2n) is 4.04. The van der Waals surface area contributed by atoms with Crippen LogP contribution in [0.2, 0.25) is 0 Å². The van der Waals surface area contributed by atoms with E-state index in [9.17, 15) is 18.3 Å². The number of aromatic nitrogens is 2. The highest BCUT2D eigenvalue weighted by Gasteiger charge is 2.44. The smallest absolute Gasteiger partial charge is 0.325 e. The fourth-order valence-electron chi connectivity index (χ4n) is 1.78. The van der Waals surface area contributed by atoms with Gasteiger partial charge in [-0.25, -0.2) is 8.42 Å². The number of hydrogen-bond acceptors (Lipinski definition) is 5. The van der Waals surface area contributed by atoms with Crippen molar-refractivity contribution in [3.05, 3.63) is 12.4 Å². The van der Waals surface area contributed by atoms with Gasteiger partial charge in [0.2, 0.25) is 10.0 Å². The number of hydrogen-bond donors (Lipinski definition) is 3. The summed E-state index contributed by atoms with van der Waals surface area (Å²) in [7, 11) is -3.90. The first kappa shape index (κ1) is 13.0. The number of carboxylic acids is 1. The van der Waals surface area contributed by atoms with E-state index in [1.54, 1.807) is 0 Å². The van der Waals surface area contributed by atoms with E-state index < -0.39 is 21.5 Å². The fraction of sp³-hybridized carbons (Fsp3) is 0.556. The van der Waals surface area contributed by atoms with Crippen molar-refractivity contribution in [2.45, 2.75) is 23.3 Å². The number of aliphatic carboxylic acids is 1. The van der Waals surface area contributed by atoms with E-state index in [4.69, 9.17) is 4.74 Å². The molecule has 2 rings (SSSR count). The van der Waals surface area contributed by atoms with Crippen molar-refractivity contribution < 1.29 is 23.1 Å². The quantitative estimate of drug-likeness (QED) is 0.669. The maximum absolute atomic E-state index is 12.0. The monoisotopic (exact) mass is 275 g/mol. The van der Waals surface area contributed by atoms with Gasteiger partial charge in [-0.05, 0) is 0 Å². The molecule has 8 nitrogen and oxygen atoms in total. The zero-order chi connectivity index (χ0) is 13.2. The lowest BCUT2D eigenvalue weighted by molar-refractivity contribution is -0.147. The van der Waals surface area contributed by atoms with E-state index >= 15 is 0 Å². The highest BCUT2D eigenvalue weighted by molar-refractivity contribution is 7.89. The number of ether oxygens (including phenoxy) is 1. The van der Waals surface area contributed by atoms with Gasteiger partial charge in [0.15, 0.2) is 0 Å². The number of aromatic amines is 1. The molecule has 100 valence electrons. The molecule has 0 aromatic carbocycles. The molecule has 1 aromatic rings. The lowest BCUT2D eigenvalue weighted by atomic mass is 9.92. The highest BCUT2D eigenvalue weighted by atomic mass is 32.2. The number of sulfonamides is 1. The number of H-pyrrole nitrogens is 1. The van der Waals surface area contributed by atoms with Crippen molar-refractivity contribution in [3.63, 3.8) is 0 Å². The summed E-state index contributed by atoms with van der Waals surface area (Å²) in [6.07, 6.45) is 2.51. The molecule has 1 fully saturated rings. The van der Waals surface area contributed by atoms with Gasteiger partial charge in [0.1, 0.15) is 10.4 Å². The maximum Gasteiger partial charge on any atom is 0.325 e. The third kappa shape index (κ3) is 2.37. The van der Waals surface area contributed by atoms with Crippen LogP contribution in [0.4, 0.5) is 0 Å². The van der Waals surface area contributed by atoms with Gasteiger partial charge in [-0.3, -0.25) is 9.89 Å². The predicted octanol–water partition coefficient (Wildman–Crippen LogP) is -0.678. The number of rotatable bonds is 4. The van der Waals surface area contributed by atoms with Crippen molar-refractivity contribution in [2.24, 2.45) is 0 Å². The molecule has 1 aromatic heterocycles. The molecule has 0 unspecified atom stereocenters. The minimum absolute atomic E-state index is 0.0883. The molecule has 0 saturated carbocycles. The number of carboxylic acid groups (broad SMARTS) is 1. The topological polar surface area (TPSA) is 121 Å². The molecule has 18 heavy (non-hydrogen) atoms. The van der Waals surface area contributed by atoms with Gasteiger partial charge in [-0.1, -0.05) is 0 Å². The van der Waals surface area contributed by atoms with Gasteiger partial charge in [0, 0.05) is 32.3 Å². The Hall–Kier alpha value is -1.45. The SMILES string of the molecule is O=C(O)C1(NS(=O)(=O)c2cn[nH]c2)CCOCC1. The van der Waals surface area contributed by atoms with E-state index in [2.05, 4.69) is 14.9 Å². The van der Waals surface area contributed by atoms with Gasteiger partial charge in [0.05, 0.1) is 6.20 Å². The zero-order valence-corrected chi connectivity index (χ0v) is 10.2. The largest absolute Gasteiger partial charge is 0.480 e. The van der Waals surface area contributed by atoms with Crippen molar-refractivity contribution in [2.75, 3.05) is 13.2 Å². The molecule has 0 spiro atoms. The van der Waals surface area contributed by atoms with Crippen molar-refractivity contribution >= 4 is 16.0 Å². The van der Waals surface area contributed by atoms with E-state index in [0.717, 1.165) is 6.20 Å². The van der Waals surface area contributed by atoms with Crippen LogP contribution in [0.15, 0.2) is 17.3 Å². The molecular formula is C9H13N3O5S. The van der Waals surface area contributed by atoms with Crippen molar-refractivity contribution in [1.82, 2.24) is 14.9 Å². The summed E-state index contributed by atoms with van der Waals surface area (Å²) in [6.45, 7) is 0.417. The molecule has 1 aliphatic rings. The Morgan fingerprint density at radius 3 is 2.67 bits per heavy atom. The Bertz CT molecular complexity index is 518. The summed E-state index contributed by atoms with van der Waals surface area (Å²) in [6, 6.07) is 0. The van der Waals surface area contributed by atoms with E-state index in [1.807, 2.05) is 0 Å². The molecule has 2 heterocycles. The maximum atomic E-state index is 12.0. The minimum Gasteiger partial charge on any atom is -0.480 e. The number of carbonyl (C=O) groups is 1. The molecule has 0 amide bonds. The third-order valence-corrected chi connectivity index (χ3v) is 4.37. The number of nitrogens with one attached hydrogen (secondary N) is 2. The summed E-state index contributed by atoms with van der Waals surface area (Å²) in [4.78, 5) is 11.2. The average molecular weight is 275 g/mol. The second kappa shape index (κ2) is 4.67. The van der Waals surface area contributed by atoms with Crippen LogP contribution in [0.1, 0.15) is 12.8 Å². The van der Waals surface area contributed by atoms with Crippen LogP contribution in [-0.2, 0) is 19.6 Å². The summed E-state index contributed by atoms with van der Waals surface area (Å²) in [5.41, 5.74) is -1.51. The highest BCUT2D eigenvalue weighted by Crippen LogP contribution is 2.23. The molecule has 9 heteroatoms. The lowest BCUT2D eigenvalue weighted by Gasteiger charge is -2.33. The third-order valence-electron chi connectivity index (χ3n) is 2.87. The minimum atomic E-state index is -3.90. The summed E-state index contributed by atoms with van der Waals surface area (Å²) in [5, 5.41) is 15.2. The lowest BCUT2D eigenvalue weighted by Crippen LogP contribution is -2.57. The van der Waals surface area contributed by atoms with Crippen LogP contribution in [0.5, 0.6) is 0 Å². The van der Waals surface area contributed by atoms with Gasteiger partial charge in [-0.2, -0.15) is 9.82 Å². The molecule has 0 bridgehead atoms. The van der Waals surface area contributed by atoms with E-state index in [1.165, 1.54) is 6.20 Å². The average Bonchev–Trinajstić information content (AvgIpc) is 2.83. The second-order valence-corrected chi connectivity index (χ2v) is 5.72. The standard InChI is InChI=1S/C9H13N3O5S/c13-8(14)9(1-3-17-4-2-9)12-18(15,16)7-5-10-11-6-7/h5-6,12H,1-4H2,(H,10,11)(H,13,14). The van der Waals surface area contributed by atoms with Gasteiger partial charge < -0.3 is 9.84 Å². The van der Waals surface area contributed by atoms with Crippen molar-refractivity contribution in [3.8, 4) is 0 Å². The van der Waals surface area contributed by atoms with Crippen LogP contribution in [-0.4, -0.2) is 48.4 Å². The fourth-order valence-corrected chi connectivity index (χ4v) is 3.10. The summed E-state index contributed by atoms with van der Waals surface area (Å²) in [5.74, 6) is -1.20. The molecule has 0 aliphatic carbocycles.